The summed E-state index contributed by atoms with van der Waals surface area (Å²) in [6.07, 6.45) is 1.93. The molecule has 1 atom stereocenters. The van der Waals surface area contributed by atoms with Crippen LogP contribution in [0, 0.1) is 0 Å². The molecule has 74 valence electrons. The summed E-state index contributed by atoms with van der Waals surface area (Å²) < 4.78 is 0. The zero-order valence-electron chi connectivity index (χ0n) is 8.14. The molecule has 1 aromatic carbocycles. The first-order valence-electron chi connectivity index (χ1n) is 4.96. The number of hydrogen-bond acceptors (Lipinski definition) is 3. The molecule has 3 heteroatoms. The van der Waals surface area contributed by atoms with E-state index in [1.807, 2.05) is 30.3 Å². The smallest absolute Gasteiger partial charge is 0.151 e. The summed E-state index contributed by atoms with van der Waals surface area (Å²) in [5.74, 6) is 0.923. The molecule has 2 heterocycles. The summed E-state index contributed by atoms with van der Waals surface area (Å²) in [6, 6.07) is 14.2. The molecule has 1 aliphatic rings. The number of pyridine rings is 1. The van der Waals surface area contributed by atoms with E-state index in [0.29, 0.717) is 0 Å². The van der Waals surface area contributed by atoms with Crippen molar-refractivity contribution in [1.82, 2.24) is 4.98 Å². The summed E-state index contributed by atoms with van der Waals surface area (Å²) in [6.45, 7) is 0. The Morgan fingerprint density at radius 2 is 1.80 bits per heavy atom. The van der Waals surface area contributed by atoms with Gasteiger partial charge in [0, 0.05) is 6.20 Å². The highest BCUT2D eigenvalue weighted by Gasteiger charge is 2.20. The van der Waals surface area contributed by atoms with Gasteiger partial charge in [-0.1, -0.05) is 30.3 Å². The molecule has 0 saturated heterocycles. The van der Waals surface area contributed by atoms with E-state index in [-0.39, 0.29) is 6.17 Å². The van der Waals surface area contributed by atoms with Gasteiger partial charge in [0.2, 0.25) is 0 Å². The third-order valence-electron chi connectivity index (χ3n) is 2.52. The van der Waals surface area contributed by atoms with Crippen molar-refractivity contribution < 1.29 is 0 Å². The van der Waals surface area contributed by atoms with Crippen LogP contribution in [0.25, 0.3) is 0 Å². The van der Waals surface area contributed by atoms with Gasteiger partial charge in [-0.05, 0) is 17.7 Å². The van der Waals surface area contributed by atoms with Crippen LogP contribution < -0.4 is 10.6 Å². The molecule has 0 bridgehead atoms. The topological polar surface area (TPSA) is 37.0 Å². The van der Waals surface area contributed by atoms with Crippen LogP contribution in [0.1, 0.15) is 11.7 Å². The Labute approximate surface area is 88.2 Å². The average Bonchev–Trinajstić information content (AvgIpc) is 2.74. The average molecular weight is 197 g/mol. The molecule has 1 unspecified atom stereocenters. The third kappa shape index (κ3) is 1.42. The van der Waals surface area contributed by atoms with Gasteiger partial charge in [-0.2, -0.15) is 0 Å². The minimum atomic E-state index is 0.135. The lowest BCUT2D eigenvalue weighted by Crippen LogP contribution is -2.11. The van der Waals surface area contributed by atoms with Gasteiger partial charge in [0.1, 0.15) is 6.17 Å². The van der Waals surface area contributed by atoms with Crippen LogP contribution in [0.4, 0.5) is 11.5 Å². The number of nitrogens with one attached hydrogen (secondary N) is 2. The standard InChI is InChI=1S/C12H11N3/c1-2-5-9(6-3-1)11-14-10-7-4-8-13-12(10)15-11/h1-8,11,14H,(H,13,15). The van der Waals surface area contributed by atoms with Gasteiger partial charge in [-0.3, -0.25) is 0 Å². The fourth-order valence-corrected chi connectivity index (χ4v) is 1.78. The molecule has 0 aliphatic carbocycles. The third-order valence-corrected chi connectivity index (χ3v) is 2.52. The summed E-state index contributed by atoms with van der Waals surface area (Å²) >= 11 is 0. The first kappa shape index (κ1) is 8.29. The predicted octanol–water partition coefficient (Wildman–Crippen LogP) is 2.62. The number of rotatable bonds is 1. The summed E-state index contributed by atoms with van der Waals surface area (Å²) in [7, 11) is 0. The molecule has 3 rings (SSSR count). The number of anilines is 2. The Bertz CT molecular complexity index is 442. The van der Waals surface area contributed by atoms with Gasteiger partial charge in [0.05, 0.1) is 5.69 Å². The number of fused-ring (bicyclic) bond motifs is 1. The lowest BCUT2D eigenvalue weighted by molar-refractivity contribution is 0.936. The maximum atomic E-state index is 4.26. The van der Waals surface area contributed by atoms with Gasteiger partial charge < -0.3 is 10.6 Å². The van der Waals surface area contributed by atoms with Crippen molar-refractivity contribution in [3.8, 4) is 0 Å². The zero-order chi connectivity index (χ0) is 10.1. The minimum Gasteiger partial charge on any atom is -0.359 e. The first-order chi connectivity index (χ1) is 7.43. The molecule has 0 saturated carbocycles. The second-order valence-corrected chi connectivity index (χ2v) is 3.53. The van der Waals surface area contributed by atoms with Gasteiger partial charge in [-0.15, -0.1) is 0 Å². The van der Waals surface area contributed by atoms with E-state index in [9.17, 15) is 0 Å². The second kappa shape index (κ2) is 3.28. The van der Waals surface area contributed by atoms with E-state index in [1.54, 1.807) is 6.20 Å². The Morgan fingerprint density at radius 1 is 0.933 bits per heavy atom. The van der Waals surface area contributed by atoms with Crippen molar-refractivity contribution in [2.75, 3.05) is 10.6 Å². The van der Waals surface area contributed by atoms with E-state index in [4.69, 9.17) is 0 Å². The van der Waals surface area contributed by atoms with E-state index in [1.165, 1.54) is 5.56 Å². The molecule has 3 nitrogen and oxygen atoms in total. The maximum absolute atomic E-state index is 4.26. The second-order valence-electron chi connectivity index (χ2n) is 3.53. The molecule has 0 fully saturated rings. The number of aromatic nitrogens is 1. The van der Waals surface area contributed by atoms with Crippen LogP contribution in [-0.2, 0) is 0 Å². The predicted molar refractivity (Wildman–Crippen MR) is 60.7 cm³/mol. The first-order valence-corrected chi connectivity index (χ1v) is 4.96. The lowest BCUT2D eigenvalue weighted by Gasteiger charge is -2.11. The van der Waals surface area contributed by atoms with Crippen LogP contribution in [0.15, 0.2) is 48.7 Å². The molecule has 0 radical (unpaired) electrons. The monoisotopic (exact) mass is 197 g/mol. The van der Waals surface area contributed by atoms with Crippen LogP contribution in [0.2, 0.25) is 0 Å². The molecule has 2 N–H and O–H groups in total. The van der Waals surface area contributed by atoms with Gasteiger partial charge in [-0.25, -0.2) is 4.98 Å². The highest BCUT2D eigenvalue weighted by Crippen LogP contribution is 2.32. The summed E-state index contributed by atoms with van der Waals surface area (Å²) in [5.41, 5.74) is 2.28. The fraction of sp³-hybridized carbons (Fsp3) is 0.0833. The summed E-state index contributed by atoms with van der Waals surface area (Å²) in [5, 5.41) is 6.71. The van der Waals surface area contributed by atoms with Crippen molar-refractivity contribution in [3.05, 3.63) is 54.2 Å². The maximum Gasteiger partial charge on any atom is 0.151 e. The molecular formula is C12H11N3. The van der Waals surface area contributed by atoms with Crippen molar-refractivity contribution >= 4 is 11.5 Å². The van der Waals surface area contributed by atoms with Gasteiger partial charge in [0.25, 0.3) is 0 Å². The SMILES string of the molecule is c1ccc(C2Nc3cccnc3N2)cc1. The summed E-state index contributed by atoms with van der Waals surface area (Å²) in [4.78, 5) is 4.26. The van der Waals surface area contributed by atoms with E-state index in [2.05, 4.69) is 27.8 Å². The number of hydrogen-bond donors (Lipinski definition) is 2. The molecule has 0 spiro atoms. The van der Waals surface area contributed by atoms with Crippen LogP contribution in [0.5, 0.6) is 0 Å². The quantitative estimate of drug-likeness (QED) is 0.737. The minimum absolute atomic E-state index is 0.135. The van der Waals surface area contributed by atoms with E-state index >= 15 is 0 Å². The van der Waals surface area contributed by atoms with Gasteiger partial charge in [0.15, 0.2) is 5.82 Å². The van der Waals surface area contributed by atoms with Crippen molar-refractivity contribution in [2.45, 2.75) is 6.17 Å². The van der Waals surface area contributed by atoms with Crippen LogP contribution in [0.3, 0.4) is 0 Å². The molecule has 2 aromatic rings. The molecule has 0 amide bonds. The van der Waals surface area contributed by atoms with Crippen molar-refractivity contribution in [2.24, 2.45) is 0 Å². The largest absolute Gasteiger partial charge is 0.359 e. The molecular weight excluding hydrogens is 186 g/mol. The zero-order valence-corrected chi connectivity index (χ0v) is 8.14. The van der Waals surface area contributed by atoms with Gasteiger partial charge >= 0.3 is 0 Å². The van der Waals surface area contributed by atoms with E-state index < -0.39 is 0 Å². The van der Waals surface area contributed by atoms with Crippen molar-refractivity contribution in [3.63, 3.8) is 0 Å². The Balaban J connectivity index is 1.91. The van der Waals surface area contributed by atoms with Crippen LogP contribution in [-0.4, -0.2) is 4.98 Å². The normalized spacial score (nSPS) is 17.7. The fourth-order valence-electron chi connectivity index (χ4n) is 1.78. The van der Waals surface area contributed by atoms with Crippen molar-refractivity contribution in [1.29, 1.82) is 0 Å². The van der Waals surface area contributed by atoms with E-state index in [0.717, 1.165) is 11.5 Å². The lowest BCUT2D eigenvalue weighted by atomic mass is 10.2. The molecule has 15 heavy (non-hydrogen) atoms. The Kier molecular flexibility index (Phi) is 1.81. The number of benzene rings is 1. The number of nitrogens with zero attached hydrogens (tertiary/aromatic N) is 1. The Morgan fingerprint density at radius 3 is 2.60 bits per heavy atom. The molecule has 1 aliphatic heterocycles. The highest BCUT2D eigenvalue weighted by atomic mass is 15.2. The highest BCUT2D eigenvalue weighted by molar-refractivity contribution is 5.70. The Hall–Kier alpha value is -2.03. The van der Waals surface area contributed by atoms with Crippen LogP contribution >= 0.6 is 0 Å². The molecule has 1 aromatic heterocycles.